The fourth-order valence-electron chi connectivity index (χ4n) is 15.9. The zero-order valence-electron chi connectivity index (χ0n) is 47.2. The Morgan fingerprint density at radius 1 is 0.338 bits per heavy atom. The van der Waals surface area contributed by atoms with E-state index in [-0.39, 0.29) is 26.9 Å². The number of hydrogen-bond donors (Lipinski definition) is 0. The summed E-state index contributed by atoms with van der Waals surface area (Å²) in [5, 5.41) is 0. The highest BCUT2D eigenvalue weighted by atomic mass is 16.5. The Morgan fingerprint density at radius 3 is 1.30 bits per heavy atom. The second-order valence-electron chi connectivity index (χ2n) is 24.6. The van der Waals surface area contributed by atoms with Crippen LogP contribution in [-0.4, -0.2) is 26.9 Å². The van der Waals surface area contributed by atoms with Gasteiger partial charge < -0.3 is 19.4 Å². The average Bonchev–Trinajstić information content (AvgIpc) is 1.39. The molecule has 10 aromatic rings. The lowest BCUT2D eigenvalue weighted by Gasteiger charge is -2.52. The smallest absolute Gasteiger partial charge is 0.256 e. The number of anilines is 9. The fourth-order valence-corrected chi connectivity index (χ4v) is 15.9. The fraction of sp³-hybridized carbons (Fsp3) is 0.167. The minimum absolute atomic E-state index is 0.0386. The third-order valence-electron chi connectivity index (χ3n) is 19.0. The van der Waals surface area contributed by atoms with Gasteiger partial charge in [-0.15, -0.1) is 0 Å². The lowest BCUT2D eigenvalue weighted by molar-refractivity contribution is 0.491. The average molecular weight is 1030 g/mol. The maximum atomic E-state index is 7.75. The number of aryl methyl sites for hydroxylation is 3. The molecule has 16 rings (SSSR count). The van der Waals surface area contributed by atoms with E-state index in [4.69, 9.17) is 4.74 Å². The molecule has 4 nitrogen and oxygen atoms in total. The molecule has 0 aromatic heterocycles. The molecule has 0 N–H and O–H groups in total. The van der Waals surface area contributed by atoms with Gasteiger partial charge in [0.25, 0.3) is 20.1 Å². The summed E-state index contributed by atoms with van der Waals surface area (Å²) in [4.78, 5) is 7.93. The van der Waals surface area contributed by atoms with E-state index in [2.05, 4.69) is 265 Å². The van der Waals surface area contributed by atoms with Gasteiger partial charge in [0.05, 0.1) is 0 Å². The maximum Gasteiger partial charge on any atom is 0.256 e. The molecule has 6 heterocycles. The summed E-state index contributed by atoms with van der Waals surface area (Å²) in [5.74, 6) is 2.96. The number of rotatable bonds is 6. The number of para-hydroxylation sites is 6. The van der Waals surface area contributed by atoms with Crippen molar-refractivity contribution in [2.24, 2.45) is 0 Å². The Balaban J connectivity index is 1.09. The van der Waals surface area contributed by atoms with Crippen molar-refractivity contribution in [3.05, 3.63) is 221 Å². The first-order chi connectivity index (χ1) is 39.0. The first-order valence-electron chi connectivity index (χ1n) is 29.2. The van der Waals surface area contributed by atoms with E-state index in [0.29, 0.717) is 17.8 Å². The van der Waals surface area contributed by atoms with E-state index in [1.54, 1.807) is 0 Å². The molecule has 8 heteroatoms. The quantitative estimate of drug-likeness (QED) is 0.155. The molecule has 382 valence electrons. The van der Waals surface area contributed by atoms with Gasteiger partial charge in [-0.05, 0) is 158 Å². The van der Waals surface area contributed by atoms with E-state index in [1.165, 1.54) is 144 Å². The van der Waals surface area contributed by atoms with Gasteiger partial charge in [-0.1, -0.05) is 209 Å². The molecule has 0 bridgehead atoms. The second-order valence-corrected chi connectivity index (χ2v) is 24.6. The van der Waals surface area contributed by atoms with Crippen LogP contribution < -0.4 is 85.0 Å². The monoisotopic (exact) mass is 1030 g/mol. The van der Waals surface area contributed by atoms with E-state index >= 15 is 0 Å². The number of benzene rings is 10. The Morgan fingerprint density at radius 2 is 0.762 bits per heavy atom. The predicted octanol–water partition coefficient (Wildman–Crippen LogP) is 10.1. The molecule has 0 unspecified atom stereocenters. The molecular weight excluding hydrogens is 966 g/mol. The molecule has 0 fully saturated rings. The van der Waals surface area contributed by atoms with Gasteiger partial charge in [-0.3, -0.25) is 0 Å². The molecule has 0 atom stereocenters. The summed E-state index contributed by atoms with van der Waals surface area (Å²) in [6.45, 7) is 20.9. The molecule has 0 amide bonds. The van der Waals surface area contributed by atoms with Gasteiger partial charge in [0.15, 0.2) is 0 Å². The van der Waals surface area contributed by atoms with Crippen molar-refractivity contribution in [3.8, 4) is 11.5 Å². The summed E-state index contributed by atoms with van der Waals surface area (Å²) in [7, 11) is 0. The number of hydrogen-bond acceptors (Lipinski definition) is 4. The molecule has 6 aliphatic rings. The Bertz CT molecular complexity index is 4270. The highest BCUT2D eigenvalue weighted by molar-refractivity contribution is 7.08. The van der Waals surface area contributed by atoms with Crippen LogP contribution in [0.1, 0.15) is 92.7 Å². The summed E-state index contributed by atoms with van der Waals surface area (Å²) in [6, 6.07) is 72.5. The van der Waals surface area contributed by atoms with Crippen LogP contribution in [0, 0.1) is 20.8 Å². The van der Waals surface area contributed by atoms with Crippen molar-refractivity contribution in [2.75, 3.05) is 14.7 Å². The second kappa shape index (κ2) is 17.3. The van der Waals surface area contributed by atoms with Gasteiger partial charge in [0.2, 0.25) is 6.71 Å². The lowest BCUT2D eigenvalue weighted by atomic mass is 9.25. The van der Waals surface area contributed by atoms with Crippen LogP contribution in [0.2, 0.25) is 0 Å². The van der Waals surface area contributed by atoms with Gasteiger partial charge in [0, 0.05) is 51.2 Å². The van der Waals surface area contributed by atoms with Crippen molar-refractivity contribution in [3.63, 3.8) is 0 Å². The maximum absolute atomic E-state index is 7.75. The Kier molecular flexibility index (Phi) is 10.3. The molecular formula is C72H61B4N3O. The van der Waals surface area contributed by atoms with Crippen LogP contribution in [-0.2, 0) is 0 Å². The van der Waals surface area contributed by atoms with Crippen molar-refractivity contribution >= 4 is 144 Å². The molecule has 0 saturated heterocycles. The van der Waals surface area contributed by atoms with E-state index in [1.807, 2.05) is 0 Å². The van der Waals surface area contributed by atoms with Gasteiger partial charge >= 0.3 is 0 Å². The van der Waals surface area contributed by atoms with Crippen molar-refractivity contribution < 1.29 is 4.74 Å². The van der Waals surface area contributed by atoms with Crippen molar-refractivity contribution in [1.29, 1.82) is 0 Å². The minimum atomic E-state index is -0.113. The van der Waals surface area contributed by atoms with Crippen LogP contribution in [0.25, 0.3) is 0 Å². The number of nitrogens with zero attached hydrogens (tertiary/aromatic N) is 3. The van der Waals surface area contributed by atoms with E-state index in [0.717, 1.165) is 17.2 Å². The first kappa shape index (κ1) is 47.6. The normalized spacial score (nSPS) is 14.3. The molecule has 0 saturated carbocycles. The zero-order valence-corrected chi connectivity index (χ0v) is 47.2. The number of ether oxygens (including phenoxy) is 1. The summed E-state index contributed by atoms with van der Waals surface area (Å²) < 4.78 is 7.75. The summed E-state index contributed by atoms with van der Waals surface area (Å²) >= 11 is 0. The van der Waals surface area contributed by atoms with Crippen molar-refractivity contribution in [2.45, 2.75) is 80.1 Å². The molecule has 80 heavy (non-hydrogen) atoms. The highest BCUT2D eigenvalue weighted by Crippen LogP contribution is 2.50. The molecule has 0 spiro atoms. The van der Waals surface area contributed by atoms with Gasteiger partial charge in [-0.2, -0.15) is 0 Å². The van der Waals surface area contributed by atoms with E-state index < -0.39 is 0 Å². The topological polar surface area (TPSA) is 19.0 Å². The van der Waals surface area contributed by atoms with Crippen LogP contribution in [0.5, 0.6) is 11.5 Å². The largest absolute Gasteiger partial charge is 0.459 e. The first-order valence-corrected chi connectivity index (χ1v) is 29.2. The standard InChI is InChI=1S/C72H61B4N3O/c1-41(2)47-37-49(42(3)4)66(50(38-47)43(5)6)74-51-25-13-18-30-58(51)77(48-23-11-10-12-24-48)62-40-63-57(39-56(62)74)75-53-27-15-20-32-60(53)78-59-31-19-14-26-52(59)73-55-29-17-22-34-64(55)80-72-68(73)70(78)67(75)71-69(72)76(54-28-16-21-33-61(54)79(63)71)65-45(8)35-44(7)36-46(65)9/h10-43H,1-9H3. The van der Waals surface area contributed by atoms with Crippen molar-refractivity contribution in [1.82, 2.24) is 0 Å². The van der Waals surface area contributed by atoms with Crippen LogP contribution in [0.15, 0.2) is 188 Å². The summed E-state index contributed by atoms with van der Waals surface area (Å²) in [6.07, 6.45) is 0. The van der Waals surface area contributed by atoms with Gasteiger partial charge in [-0.25, -0.2) is 0 Å². The molecule has 0 aliphatic carbocycles. The summed E-state index contributed by atoms with van der Waals surface area (Å²) in [5.41, 5.74) is 35.1. The number of fused-ring (bicyclic) bond motifs is 16. The SMILES string of the molecule is Cc1cc(C)c(B2c3ccccc3N3c4cc5c(cc4B4c6ccccc6N6c7ccccc7B7c8ccccc8Oc8c7c6c4c3c82)B(c2c(C(C)C)cc(C(C)C)cc2C(C)C)c2ccccc2N5c2ccccc2)c(C)c1. The van der Waals surface area contributed by atoms with Crippen LogP contribution in [0.3, 0.4) is 0 Å². The zero-order chi connectivity index (χ0) is 54.1. The molecule has 0 radical (unpaired) electrons. The third-order valence-corrected chi connectivity index (χ3v) is 19.0. The highest BCUT2D eigenvalue weighted by Gasteiger charge is 2.56. The van der Waals surface area contributed by atoms with Crippen LogP contribution in [0.4, 0.5) is 51.2 Å². The molecule has 10 aromatic carbocycles. The lowest BCUT2D eigenvalue weighted by Crippen LogP contribution is -2.73. The molecule has 6 aliphatic heterocycles. The Hall–Kier alpha value is -8.34. The van der Waals surface area contributed by atoms with E-state index in [9.17, 15) is 0 Å². The third kappa shape index (κ3) is 6.39. The minimum Gasteiger partial charge on any atom is -0.459 e. The van der Waals surface area contributed by atoms with Crippen LogP contribution >= 0.6 is 0 Å². The van der Waals surface area contributed by atoms with Gasteiger partial charge in [0.1, 0.15) is 11.5 Å². The predicted molar refractivity (Wildman–Crippen MR) is 345 cm³/mol. The Labute approximate surface area is 473 Å².